The van der Waals surface area contributed by atoms with Crippen LogP contribution in [0.2, 0.25) is 0 Å². The summed E-state index contributed by atoms with van der Waals surface area (Å²) < 4.78 is 13.0. The van der Waals surface area contributed by atoms with Crippen molar-refractivity contribution < 1.29 is 19.1 Å². The first-order valence-corrected chi connectivity index (χ1v) is 13.9. The number of hydrogen-bond acceptors (Lipinski definition) is 6. The summed E-state index contributed by atoms with van der Waals surface area (Å²) in [4.78, 5) is 25.9. The van der Waals surface area contributed by atoms with E-state index in [4.69, 9.17) is 14.6 Å². The van der Waals surface area contributed by atoms with Crippen LogP contribution in [0.5, 0.6) is 5.75 Å². The summed E-state index contributed by atoms with van der Waals surface area (Å²) in [5.41, 5.74) is 5.64. The number of nitrogens with zero attached hydrogens (tertiary/aromatic N) is 2. The van der Waals surface area contributed by atoms with Crippen molar-refractivity contribution in [3.63, 3.8) is 0 Å². The molecule has 0 saturated carbocycles. The molecule has 1 aromatic heterocycles. The Morgan fingerprint density at radius 1 is 0.857 bits per heavy atom. The van der Waals surface area contributed by atoms with Gasteiger partial charge in [-0.15, -0.1) is 0 Å². The lowest BCUT2D eigenvalue weighted by Crippen LogP contribution is -2.33. The van der Waals surface area contributed by atoms with E-state index in [1.807, 2.05) is 96.5 Å². The van der Waals surface area contributed by atoms with E-state index in [-0.39, 0.29) is 5.78 Å². The summed E-state index contributed by atoms with van der Waals surface area (Å²) in [5, 5.41) is 7.96. The Morgan fingerprint density at radius 3 is 2.24 bits per heavy atom. The fraction of sp³-hybridized carbons (Fsp3) is 0.171. The van der Waals surface area contributed by atoms with Crippen molar-refractivity contribution in [2.75, 3.05) is 19.0 Å². The SMILES string of the molecule is COC(=O)[C@H](Cc1ccc(OCCc2cc(C)n(-c3ccccc3)n2)cc1)Nc1ccccc1C(=O)c1ccccc1. The summed E-state index contributed by atoms with van der Waals surface area (Å²) in [6.45, 7) is 2.53. The number of aryl methyl sites for hydroxylation is 1. The number of hydrogen-bond donors (Lipinski definition) is 1. The Kier molecular flexibility index (Phi) is 9.09. The van der Waals surface area contributed by atoms with E-state index >= 15 is 0 Å². The molecular weight excluding hydrogens is 526 g/mol. The van der Waals surface area contributed by atoms with Gasteiger partial charge in [0.1, 0.15) is 11.8 Å². The maximum Gasteiger partial charge on any atom is 0.328 e. The Bertz CT molecular complexity index is 1630. The van der Waals surface area contributed by atoms with Gasteiger partial charge in [-0.05, 0) is 55.0 Å². The van der Waals surface area contributed by atoms with E-state index in [9.17, 15) is 9.59 Å². The number of carbonyl (C=O) groups excluding carboxylic acids is 2. The topological polar surface area (TPSA) is 82.4 Å². The molecule has 7 heteroatoms. The molecule has 0 bridgehead atoms. The van der Waals surface area contributed by atoms with Crippen LogP contribution in [0.1, 0.15) is 32.9 Å². The number of benzene rings is 4. The molecule has 0 amide bonds. The molecule has 4 aromatic carbocycles. The minimum absolute atomic E-state index is 0.120. The zero-order chi connectivity index (χ0) is 29.3. The molecule has 0 unspecified atom stereocenters. The fourth-order valence-electron chi connectivity index (χ4n) is 4.80. The number of ether oxygens (including phenoxy) is 2. The van der Waals surface area contributed by atoms with Crippen molar-refractivity contribution in [1.29, 1.82) is 0 Å². The van der Waals surface area contributed by atoms with Gasteiger partial charge in [-0.2, -0.15) is 5.10 Å². The molecule has 5 aromatic rings. The van der Waals surface area contributed by atoms with E-state index in [1.165, 1.54) is 7.11 Å². The zero-order valence-electron chi connectivity index (χ0n) is 23.7. The molecule has 1 heterocycles. The molecule has 1 N–H and O–H groups in total. The molecule has 0 aliphatic heterocycles. The van der Waals surface area contributed by atoms with Crippen LogP contribution in [-0.4, -0.2) is 41.3 Å². The van der Waals surface area contributed by atoms with E-state index in [0.717, 1.165) is 28.4 Å². The number of ketones is 1. The third-order valence-corrected chi connectivity index (χ3v) is 6.95. The quantitative estimate of drug-likeness (QED) is 0.144. The lowest BCUT2D eigenvalue weighted by molar-refractivity contribution is -0.141. The fourth-order valence-corrected chi connectivity index (χ4v) is 4.80. The lowest BCUT2D eigenvalue weighted by atomic mass is 10.00. The third kappa shape index (κ3) is 6.93. The summed E-state index contributed by atoms with van der Waals surface area (Å²) in [5.74, 6) is 0.202. The summed E-state index contributed by atoms with van der Waals surface area (Å²) in [6.07, 6.45) is 1.05. The Morgan fingerprint density at radius 2 is 1.52 bits per heavy atom. The average molecular weight is 560 g/mol. The molecule has 0 aliphatic carbocycles. The number of esters is 1. The highest BCUT2D eigenvalue weighted by Gasteiger charge is 2.22. The molecule has 0 saturated heterocycles. The van der Waals surface area contributed by atoms with Gasteiger partial charge in [0, 0.05) is 35.3 Å². The highest BCUT2D eigenvalue weighted by atomic mass is 16.5. The molecule has 1 atom stereocenters. The normalized spacial score (nSPS) is 11.5. The van der Waals surface area contributed by atoms with Gasteiger partial charge in [0.15, 0.2) is 5.78 Å². The maximum absolute atomic E-state index is 13.2. The highest BCUT2D eigenvalue weighted by Crippen LogP contribution is 2.22. The van der Waals surface area contributed by atoms with E-state index < -0.39 is 12.0 Å². The van der Waals surface area contributed by atoms with E-state index in [0.29, 0.717) is 36.3 Å². The van der Waals surface area contributed by atoms with Gasteiger partial charge in [0.25, 0.3) is 0 Å². The van der Waals surface area contributed by atoms with Crippen LogP contribution in [0.3, 0.4) is 0 Å². The Hall–Kier alpha value is -5.17. The van der Waals surface area contributed by atoms with Crippen molar-refractivity contribution in [3.8, 4) is 11.4 Å². The number of carbonyl (C=O) groups is 2. The number of aromatic nitrogens is 2. The van der Waals surface area contributed by atoms with Crippen LogP contribution in [0.15, 0.2) is 115 Å². The molecule has 0 radical (unpaired) electrons. The second kappa shape index (κ2) is 13.5. The second-order valence-corrected chi connectivity index (χ2v) is 9.93. The summed E-state index contributed by atoms with van der Waals surface area (Å²) in [6, 6.07) is 35.4. The molecule has 0 fully saturated rings. The van der Waals surface area contributed by atoms with Crippen molar-refractivity contribution in [2.45, 2.75) is 25.8 Å². The molecular formula is C35H33N3O4. The number of rotatable bonds is 12. The van der Waals surface area contributed by atoms with Gasteiger partial charge in [-0.3, -0.25) is 4.79 Å². The number of anilines is 1. The molecule has 0 spiro atoms. The highest BCUT2D eigenvalue weighted by molar-refractivity contribution is 6.12. The van der Waals surface area contributed by atoms with Crippen molar-refractivity contribution in [1.82, 2.24) is 9.78 Å². The van der Waals surface area contributed by atoms with Gasteiger partial charge in [-0.1, -0.05) is 72.8 Å². The van der Waals surface area contributed by atoms with Crippen LogP contribution in [0.25, 0.3) is 5.69 Å². The van der Waals surface area contributed by atoms with Crippen molar-refractivity contribution in [3.05, 3.63) is 143 Å². The summed E-state index contributed by atoms with van der Waals surface area (Å²) in [7, 11) is 1.36. The second-order valence-electron chi connectivity index (χ2n) is 9.93. The first-order chi connectivity index (χ1) is 20.5. The lowest BCUT2D eigenvalue weighted by Gasteiger charge is -2.20. The van der Waals surface area contributed by atoms with Crippen LogP contribution >= 0.6 is 0 Å². The van der Waals surface area contributed by atoms with Gasteiger partial charge >= 0.3 is 5.97 Å². The van der Waals surface area contributed by atoms with Gasteiger partial charge in [-0.25, -0.2) is 9.48 Å². The predicted molar refractivity (Wildman–Crippen MR) is 163 cm³/mol. The minimum Gasteiger partial charge on any atom is -0.493 e. The zero-order valence-corrected chi connectivity index (χ0v) is 23.7. The van der Waals surface area contributed by atoms with E-state index in [2.05, 4.69) is 11.4 Å². The van der Waals surface area contributed by atoms with Gasteiger partial charge < -0.3 is 14.8 Å². The van der Waals surface area contributed by atoms with Crippen molar-refractivity contribution in [2.24, 2.45) is 0 Å². The monoisotopic (exact) mass is 559 g/mol. The predicted octanol–water partition coefficient (Wildman–Crippen LogP) is 6.23. The van der Waals surface area contributed by atoms with Crippen LogP contribution < -0.4 is 10.1 Å². The van der Waals surface area contributed by atoms with Crippen LogP contribution in [-0.2, 0) is 22.4 Å². The number of nitrogens with one attached hydrogen (secondary N) is 1. The van der Waals surface area contributed by atoms with Gasteiger partial charge in [0.05, 0.1) is 25.1 Å². The largest absolute Gasteiger partial charge is 0.493 e. The molecule has 0 aliphatic rings. The molecule has 212 valence electrons. The smallest absolute Gasteiger partial charge is 0.328 e. The maximum atomic E-state index is 13.2. The first kappa shape index (κ1) is 28.4. The minimum atomic E-state index is -0.686. The Balaban J connectivity index is 1.21. The van der Waals surface area contributed by atoms with Crippen LogP contribution in [0, 0.1) is 6.92 Å². The van der Waals surface area contributed by atoms with Crippen molar-refractivity contribution >= 4 is 17.4 Å². The average Bonchev–Trinajstić information content (AvgIpc) is 3.41. The number of methoxy groups -OCH3 is 1. The molecule has 42 heavy (non-hydrogen) atoms. The first-order valence-electron chi connectivity index (χ1n) is 13.9. The Labute approximate surface area is 245 Å². The van der Waals surface area contributed by atoms with E-state index in [1.54, 1.807) is 24.3 Å². The third-order valence-electron chi connectivity index (χ3n) is 6.95. The number of para-hydroxylation sites is 2. The van der Waals surface area contributed by atoms with Gasteiger partial charge in [0.2, 0.25) is 0 Å². The molecule has 5 rings (SSSR count). The van der Waals surface area contributed by atoms with Crippen LogP contribution in [0.4, 0.5) is 5.69 Å². The summed E-state index contributed by atoms with van der Waals surface area (Å²) >= 11 is 0. The standard InChI is InChI=1S/C35H33N3O4/c1-25-23-28(37-38(25)29-13-7-4-8-14-29)21-22-42-30-19-17-26(18-20-30)24-33(35(40)41-2)36-32-16-10-9-15-31(32)34(39)27-11-5-3-6-12-27/h3-20,23,33,36H,21-22,24H2,1-2H3/t33-/m0/s1. The molecule has 7 nitrogen and oxygen atoms in total.